The van der Waals surface area contributed by atoms with Gasteiger partial charge >= 0.3 is 5.97 Å². The summed E-state index contributed by atoms with van der Waals surface area (Å²) in [6.07, 6.45) is 6.38. The lowest BCUT2D eigenvalue weighted by Gasteiger charge is -2.45. The topological polar surface area (TPSA) is 40.5 Å². The third kappa shape index (κ3) is 2.38. The van der Waals surface area contributed by atoms with Crippen LogP contribution in [0.25, 0.3) is 0 Å². The van der Waals surface area contributed by atoms with Crippen LogP contribution in [0.5, 0.6) is 0 Å². The minimum absolute atomic E-state index is 0.459. The molecule has 2 unspecified atom stereocenters. The number of rotatable bonds is 2. The van der Waals surface area contributed by atoms with Crippen molar-refractivity contribution in [3.8, 4) is 0 Å². The predicted molar refractivity (Wildman–Crippen MR) is 83.4 cm³/mol. The second kappa shape index (κ2) is 5.80. The predicted octanol–water partition coefficient (Wildman–Crippen LogP) is 3.74. The fourth-order valence-corrected chi connectivity index (χ4v) is 4.16. The summed E-state index contributed by atoms with van der Waals surface area (Å²) in [6.45, 7) is 4.04. The minimum atomic E-state index is -0.798. The van der Waals surface area contributed by atoms with Crippen molar-refractivity contribution in [2.75, 3.05) is 13.1 Å². The molecule has 3 rings (SSSR count). The summed E-state index contributed by atoms with van der Waals surface area (Å²) < 4.78 is 0. The minimum Gasteiger partial charge on any atom is -0.480 e. The molecule has 1 N–H and O–H groups in total. The molecule has 1 aliphatic heterocycles. The number of carboxylic acid groups (broad SMARTS) is 1. The summed E-state index contributed by atoms with van der Waals surface area (Å²) in [5.74, 6) is -0.204. The third-order valence-corrected chi connectivity index (χ3v) is 5.38. The number of benzene rings is 1. The van der Waals surface area contributed by atoms with E-state index >= 15 is 0 Å². The van der Waals surface area contributed by atoms with Gasteiger partial charge in [-0.25, -0.2) is 4.79 Å². The molecule has 1 aromatic carbocycles. The zero-order valence-corrected chi connectivity index (χ0v) is 12.8. The van der Waals surface area contributed by atoms with Crippen LogP contribution in [0, 0.1) is 0 Å². The number of hydrogen-bond acceptors (Lipinski definition) is 2. The molecule has 1 fully saturated rings. The van der Waals surface area contributed by atoms with Crippen LogP contribution in [-0.4, -0.2) is 29.1 Å². The Morgan fingerprint density at radius 2 is 1.86 bits per heavy atom. The molecule has 1 heterocycles. The van der Waals surface area contributed by atoms with Crippen LogP contribution in [0.2, 0.25) is 0 Å². The van der Waals surface area contributed by atoms with Gasteiger partial charge in [0.15, 0.2) is 0 Å². The smallest absolute Gasteiger partial charge is 0.328 e. The van der Waals surface area contributed by atoms with E-state index in [2.05, 4.69) is 17.9 Å². The molecule has 3 heteroatoms. The van der Waals surface area contributed by atoms with E-state index in [4.69, 9.17) is 0 Å². The molecule has 0 amide bonds. The lowest BCUT2D eigenvalue weighted by atomic mass is 9.71. The Morgan fingerprint density at radius 3 is 2.52 bits per heavy atom. The molecule has 0 saturated carbocycles. The average molecular weight is 287 g/mol. The van der Waals surface area contributed by atoms with Gasteiger partial charge in [0.25, 0.3) is 0 Å². The Balaban J connectivity index is 2.09. The van der Waals surface area contributed by atoms with Crippen LogP contribution in [0.4, 0.5) is 0 Å². The molecule has 0 aromatic heterocycles. The highest BCUT2D eigenvalue weighted by Crippen LogP contribution is 2.45. The first-order chi connectivity index (χ1) is 10.2. The van der Waals surface area contributed by atoms with Crippen LogP contribution >= 0.6 is 0 Å². The molecule has 1 saturated heterocycles. The quantitative estimate of drug-likeness (QED) is 0.901. The number of carbonyl (C=O) groups is 1. The maximum atomic E-state index is 12.3. The number of carboxylic acids is 1. The van der Waals surface area contributed by atoms with Gasteiger partial charge in [-0.1, -0.05) is 44.0 Å². The monoisotopic (exact) mass is 287 g/mol. The van der Waals surface area contributed by atoms with Gasteiger partial charge in [-0.05, 0) is 55.8 Å². The van der Waals surface area contributed by atoms with Crippen molar-refractivity contribution in [2.24, 2.45) is 0 Å². The molecule has 0 bridgehead atoms. The molecule has 1 aromatic rings. The number of nitrogens with zero attached hydrogens (tertiary/aromatic N) is 1. The molecule has 3 nitrogen and oxygen atoms in total. The lowest BCUT2D eigenvalue weighted by Crippen LogP contribution is -2.54. The second-order valence-electron chi connectivity index (χ2n) is 6.59. The van der Waals surface area contributed by atoms with Crippen molar-refractivity contribution in [1.29, 1.82) is 0 Å². The third-order valence-electron chi connectivity index (χ3n) is 5.38. The van der Waals surface area contributed by atoms with Gasteiger partial charge in [0.05, 0.1) is 0 Å². The van der Waals surface area contributed by atoms with E-state index in [0.717, 1.165) is 44.3 Å². The van der Waals surface area contributed by atoms with E-state index < -0.39 is 11.5 Å². The molecular formula is C18H25NO2. The van der Waals surface area contributed by atoms with Gasteiger partial charge in [-0.2, -0.15) is 0 Å². The highest BCUT2D eigenvalue weighted by atomic mass is 16.4. The first kappa shape index (κ1) is 14.6. The summed E-state index contributed by atoms with van der Waals surface area (Å²) in [5.41, 5.74) is 1.47. The number of fused-ring (bicyclic) bond motifs is 1. The van der Waals surface area contributed by atoms with Crippen LogP contribution < -0.4 is 0 Å². The molecular weight excluding hydrogens is 262 g/mol. The zero-order valence-electron chi connectivity index (χ0n) is 12.8. The van der Waals surface area contributed by atoms with Crippen LogP contribution in [0.3, 0.4) is 0 Å². The highest BCUT2D eigenvalue weighted by molar-refractivity contribution is 5.82. The molecule has 2 aliphatic rings. The molecule has 2 atom stereocenters. The van der Waals surface area contributed by atoms with Crippen molar-refractivity contribution >= 4 is 5.97 Å². The lowest BCUT2D eigenvalue weighted by molar-refractivity contribution is -0.154. The van der Waals surface area contributed by atoms with E-state index in [0.29, 0.717) is 5.92 Å². The Labute approximate surface area is 127 Å². The van der Waals surface area contributed by atoms with Crippen molar-refractivity contribution in [2.45, 2.75) is 56.9 Å². The first-order valence-corrected chi connectivity index (χ1v) is 8.24. The van der Waals surface area contributed by atoms with E-state index in [1.807, 2.05) is 18.2 Å². The van der Waals surface area contributed by atoms with Gasteiger partial charge in [-0.3, -0.25) is 4.90 Å². The van der Waals surface area contributed by atoms with Crippen LogP contribution in [0.1, 0.15) is 62.5 Å². The Bertz CT molecular complexity index is 520. The number of aliphatic carboxylic acids is 1. The SMILES string of the molecule is CC1CCC(C(=O)O)(N2CCCCCC2)c2ccccc21. The van der Waals surface area contributed by atoms with Crippen molar-refractivity contribution in [1.82, 2.24) is 4.90 Å². The summed E-state index contributed by atoms with van der Waals surface area (Å²) in [6, 6.07) is 8.20. The largest absolute Gasteiger partial charge is 0.480 e. The molecule has 114 valence electrons. The van der Waals surface area contributed by atoms with E-state index in [1.165, 1.54) is 18.4 Å². The maximum absolute atomic E-state index is 12.3. The Kier molecular flexibility index (Phi) is 4.03. The van der Waals surface area contributed by atoms with Gasteiger partial charge < -0.3 is 5.11 Å². The molecule has 0 spiro atoms. The average Bonchev–Trinajstić information content (AvgIpc) is 2.77. The van der Waals surface area contributed by atoms with Crippen molar-refractivity contribution < 1.29 is 9.90 Å². The molecule has 21 heavy (non-hydrogen) atoms. The Hall–Kier alpha value is -1.35. The van der Waals surface area contributed by atoms with Gasteiger partial charge in [0.1, 0.15) is 5.54 Å². The zero-order chi connectivity index (χ0) is 14.9. The maximum Gasteiger partial charge on any atom is 0.328 e. The van der Waals surface area contributed by atoms with Crippen molar-refractivity contribution in [3.05, 3.63) is 35.4 Å². The molecule has 0 radical (unpaired) electrons. The summed E-state index contributed by atoms with van der Waals surface area (Å²) >= 11 is 0. The van der Waals surface area contributed by atoms with E-state index in [9.17, 15) is 9.90 Å². The highest BCUT2D eigenvalue weighted by Gasteiger charge is 2.49. The standard InChI is InChI=1S/C18H25NO2/c1-14-10-11-18(17(20)21,16-9-5-4-8-15(14)16)19-12-6-2-3-7-13-19/h4-5,8-9,14H,2-3,6-7,10-13H2,1H3,(H,20,21). The normalized spacial score (nSPS) is 30.4. The fourth-order valence-electron chi connectivity index (χ4n) is 4.16. The fraction of sp³-hybridized carbons (Fsp3) is 0.611. The van der Waals surface area contributed by atoms with Crippen molar-refractivity contribution in [3.63, 3.8) is 0 Å². The number of hydrogen-bond donors (Lipinski definition) is 1. The van der Waals surface area contributed by atoms with Crippen LogP contribution in [0.15, 0.2) is 24.3 Å². The Morgan fingerprint density at radius 1 is 1.19 bits per heavy atom. The summed E-state index contributed by atoms with van der Waals surface area (Å²) in [5, 5.41) is 10.1. The summed E-state index contributed by atoms with van der Waals surface area (Å²) in [7, 11) is 0. The molecule has 1 aliphatic carbocycles. The second-order valence-corrected chi connectivity index (χ2v) is 6.59. The van der Waals surface area contributed by atoms with E-state index in [1.54, 1.807) is 0 Å². The number of likely N-dealkylation sites (tertiary alicyclic amines) is 1. The van der Waals surface area contributed by atoms with E-state index in [-0.39, 0.29) is 0 Å². The van der Waals surface area contributed by atoms with Gasteiger partial charge in [0, 0.05) is 0 Å². The van der Waals surface area contributed by atoms with Crippen LogP contribution in [-0.2, 0) is 10.3 Å². The van der Waals surface area contributed by atoms with Gasteiger partial charge in [-0.15, -0.1) is 0 Å². The first-order valence-electron chi connectivity index (χ1n) is 8.24. The van der Waals surface area contributed by atoms with Gasteiger partial charge in [0.2, 0.25) is 0 Å². The summed E-state index contributed by atoms with van der Waals surface area (Å²) in [4.78, 5) is 14.6.